The zero-order valence-electron chi connectivity index (χ0n) is 10.8. The van der Waals surface area contributed by atoms with Crippen molar-refractivity contribution < 1.29 is 18.8 Å². The van der Waals surface area contributed by atoms with Crippen LogP contribution in [-0.2, 0) is 15.9 Å². The van der Waals surface area contributed by atoms with Crippen LogP contribution in [0.4, 0.5) is 4.79 Å². The van der Waals surface area contributed by atoms with Crippen molar-refractivity contribution in [2.75, 3.05) is 20.3 Å². The summed E-state index contributed by atoms with van der Waals surface area (Å²) in [6.07, 6.45) is 1.97. The molecule has 3 N–H and O–H groups in total. The van der Waals surface area contributed by atoms with Crippen LogP contribution in [-0.4, -0.2) is 42.5 Å². The van der Waals surface area contributed by atoms with E-state index in [2.05, 4.69) is 15.5 Å². The number of hydrogen-bond acceptors (Lipinski definition) is 6. The van der Waals surface area contributed by atoms with E-state index in [-0.39, 0.29) is 12.2 Å². The lowest BCUT2D eigenvalue weighted by atomic mass is 10.2. The first kappa shape index (κ1) is 13.8. The molecule has 2 atom stereocenters. The van der Waals surface area contributed by atoms with Gasteiger partial charge in [0.15, 0.2) is 0 Å². The predicted molar refractivity (Wildman–Crippen MR) is 64.3 cm³/mol. The second kappa shape index (κ2) is 6.48. The second-order valence-electron chi connectivity index (χ2n) is 4.36. The number of primary amides is 1. The van der Waals surface area contributed by atoms with Crippen LogP contribution in [0.2, 0.25) is 0 Å². The third kappa shape index (κ3) is 3.90. The lowest BCUT2D eigenvalue weighted by Crippen LogP contribution is -2.35. The Morgan fingerprint density at radius 3 is 3.16 bits per heavy atom. The zero-order chi connectivity index (χ0) is 13.7. The van der Waals surface area contributed by atoms with E-state index in [9.17, 15) is 4.79 Å². The number of ether oxygens (including phenoxy) is 2. The summed E-state index contributed by atoms with van der Waals surface area (Å²) in [4.78, 5) is 14.9. The largest absolute Gasteiger partial charge is 0.384 e. The number of methoxy groups -OCH3 is 1. The van der Waals surface area contributed by atoms with Crippen molar-refractivity contribution in [1.82, 2.24) is 15.5 Å². The van der Waals surface area contributed by atoms with Crippen LogP contribution in [0.5, 0.6) is 0 Å². The molecule has 0 saturated carbocycles. The lowest BCUT2D eigenvalue weighted by Gasteiger charge is -2.11. The maximum atomic E-state index is 10.6. The van der Waals surface area contributed by atoms with E-state index >= 15 is 0 Å². The van der Waals surface area contributed by atoms with Crippen LogP contribution in [0.1, 0.15) is 30.7 Å². The van der Waals surface area contributed by atoms with E-state index < -0.39 is 6.03 Å². The molecule has 0 radical (unpaired) electrons. The Labute approximate surface area is 110 Å². The minimum absolute atomic E-state index is 0.0570. The van der Waals surface area contributed by atoms with Crippen molar-refractivity contribution in [3.63, 3.8) is 0 Å². The highest BCUT2D eigenvalue weighted by Gasteiger charge is 2.30. The third-order valence-electron chi connectivity index (χ3n) is 2.90. The standard InChI is InChI=1S/C11H18N4O4/c1-17-5-4-9-14-10(15-19-9)8-3-2-7(18-8)6-13-11(12)16/h7-8H,2-6H2,1H3,(H3,12,13,16). The first-order chi connectivity index (χ1) is 9.19. The van der Waals surface area contributed by atoms with Crippen LogP contribution in [0.25, 0.3) is 0 Å². The van der Waals surface area contributed by atoms with Gasteiger partial charge >= 0.3 is 6.03 Å². The molecule has 0 aliphatic carbocycles. The van der Waals surface area contributed by atoms with Crippen molar-refractivity contribution in [1.29, 1.82) is 0 Å². The zero-order valence-corrected chi connectivity index (χ0v) is 10.8. The Balaban J connectivity index is 1.82. The van der Waals surface area contributed by atoms with Gasteiger partial charge in [-0.05, 0) is 12.8 Å². The molecule has 2 unspecified atom stereocenters. The van der Waals surface area contributed by atoms with E-state index in [0.29, 0.717) is 31.3 Å². The summed E-state index contributed by atoms with van der Waals surface area (Å²) in [5.74, 6) is 1.09. The summed E-state index contributed by atoms with van der Waals surface area (Å²) < 4.78 is 15.8. The van der Waals surface area contributed by atoms with Crippen LogP contribution >= 0.6 is 0 Å². The number of hydrogen-bond donors (Lipinski definition) is 2. The Bertz CT molecular complexity index is 423. The number of carbonyl (C=O) groups excluding carboxylic acids is 1. The van der Waals surface area contributed by atoms with E-state index in [1.807, 2.05) is 0 Å². The molecule has 1 saturated heterocycles. The summed E-state index contributed by atoms with van der Waals surface area (Å²) in [5, 5.41) is 6.43. The molecule has 19 heavy (non-hydrogen) atoms. The SMILES string of the molecule is COCCc1nc(C2CCC(CNC(N)=O)O2)no1. The number of aromatic nitrogens is 2. The Hall–Kier alpha value is -1.67. The first-order valence-corrected chi connectivity index (χ1v) is 6.19. The molecule has 0 bridgehead atoms. The summed E-state index contributed by atoms with van der Waals surface area (Å²) in [6, 6.07) is -0.548. The van der Waals surface area contributed by atoms with Crippen molar-refractivity contribution in [2.45, 2.75) is 31.5 Å². The minimum Gasteiger partial charge on any atom is -0.384 e. The highest BCUT2D eigenvalue weighted by molar-refractivity contribution is 5.71. The predicted octanol–water partition coefficient (Wildman–Crippen LogP) is 0.147. The average molecular weight is 270 g/mol. The van der Waals surface area contributed by atoms with E-state index in [1.54, 1.807) is 7.11 Å². The quantitative estimate of drug-likeness (QED) is 0.760. The number of amides is 2. The average Bonchev–Trinajstić information content (AvgIpc) is 3.02. The highest BCUT2D eigenvalue weighted by atomic mass is 16.5. The van der Waals surface area contributed by atoms with Gasteiger partial charge in [-0.1, -0.05) is 5.16 Å². The van der Waals surface area contributed by atoms with Crippen LogP contribution in [0.15, 0.2) is 4.52 Å². The lowest BCUT2D eigenvalue weighted by molar-refractivity contribution is 0.0402. The number of nitrogens with two attached hydrogens (primary N) is 1. The smallest absolute Gasteiger partial charge is 0.312 e. The van der Waals surface area contributed by atoms with Gasteiger partial charge in [0.25, 0.3) is 0 Å². The molecule has 2 rings (SSSR count). The van der Waals surface area contributed by atoms with Gasteiger partial charge in [0.1, 0.15) is 6.10 Å². The molecule has 1 aromatic heterocycles. The molecule has 1 fully saturated rings. The molecule has 2 heterocycles. The molecule has 106 valence electrons. The maximum Gasteiger partial charge on any atom is 0.312 e. The number of nitrogens with one attached hydrogen (secondary N) is 1. The third-order valence-corrected chi connectivity index (χ3v) is 2.90. The van der Waals surface area contributed by atoms with E-state index in [4.69, 9.17) is 19.7 Å². The fourth-order valence-corrected chi connectivity index (χ4v) is 1.95. The number of carbonyl (C=O) groups is 1. The molecule has 0 spiro atoms. The van der Waals surface area contributed by atoms with Gasteiger partial charge in [0.05, 0.1) is 19.1 Å². The van der Waals surface area contributed by atoms with Gasteiger partial charge in [-0.2, -0.15) is 4.98 Å². The molecule has 2 amide bonds. The summed E-state index contributed by atoms with van der Waals surface area (Å²) in [6.45, 7) is 0.943. The molecule has 1 aromatic rings. The monoisotopic (exact) mass is 270 g/mol. The first-order valence-electron chi connectivity index (χ1n) is 6.19. The van der Waals surface area contributed by atoms with Crippen molar-refractivity contribution in [2.24, 2.45) is 5.73 Å². The van der Waals surface area contributed by atoms with Crippen molar-refractivity contribution in [3.05, 3.63) is 11.7 Å². The molecular weight excluding hydrogens is 252 g/mol. The van der Waals surface area contributed by atoms with E-state index in [1.165, 1.54) is 0 Å². The van der Waals surface area contributed by atoms with Gasteiger partial charge in [-0.3, -0.25) is 0 Å². The van der Waals surface area contributed by atoms with Crippen LogP contribution < -0.4 is 11.1 Å². The summed E-state index contributed by atoms with van der Waals surface area (Å²) in [7, 11) is 1.62. The molecule has 0 aromatic carbocycles. The normalized spacial score (nSPS) is 22.6. The Morgan fingerprint density at radius 1 is 1.58 bits per heavy atom. The van der Waals surface area contributed by atoms with Crippen molar-refractivity contribution >= 4 is 6.03 Å². The van der Waals surface area contributed by atoms with Crippen LogP contribution in [0, 0.1) is 0 Å². The molecule has 1 aliphatic rings. The van der Waals surface area contributed by atoms with Crippen LogP contribution in [0.3, 0.4) is 0 Å². The fraction of sp³-hybridized carbons (Fsp3) is 0.727. The van der Waals surface area contributed by atoms with Gasteiger partial charge in [-0.25, -0.2) is 4.79 Å². The van der Waals surface area contributed by atoms with Crippen molar-refractivity contribution in [3.8, 4) is 0 Å². The second-order valence-corrected chi connectivity index (χ2v) is 4.36. The number of nitrogens with zero attached hydrogens (tertiary/aromatic N) is 2. The van der Waals surface area contributed by atoms with Gasteiger partial charge in [0.2, 0.25) is 11.7 Å². The Morgan fingerprint density at radius 2 is 2.42 bits per heavy atom. The number of urea groups is 1. The molecule has 8 heteroatoms. The Kier molecular flexibility index (Phi) is 4.69. The molecule has 8 nitrogen and oxygen atoms in total. The number of rotatable bonds is 6. The fourth-order valence-electron chi connectivity index (χ4n) is 1.95. The maximum absolute atomic E-state index is 10.6. The highest BCUT2D eigenvalue weighted by Crippen LogP contribution is 2.30. The molecule has 1 aliphatic heterocycles. The molecular formula is C11H18N4O4. The van der Waals surface area contributed by atoms with Gasteiger partial charge < -0.3 is 25.0 Å². The summed E-state index contributed by atoms with van der Waals surface area (Å²) >= 11 is 0. The summed E-state index contributed by atoms with van der Waals surface area (Å²) in [5.41, 5.74) is 5.01. The van der Waals surface area contributed by atoms with Gasteiger partial charge in [-0.15, -0.1) is 0 Å². The van der Waals surface area contributed by atoms with Gasteiger partial charge in [0, 0.05) is 13.7 Å². The minimum atomic E-state index is -0.548. The topological polar surface area (TPSA) is 113 Å². The van der Waals surface area contributed by atoms with E-state index in [0.717, 1.165) is 12.8 Å².